The highest BCUT2D eigenvalue weighted by Crippen LogP contribution is 2.32. The van der Waals surface area contributed by atoms with Crippen LogP contribution in [-0.4, -0.2) is 14.6 Å². The average Bonchev–Trinajstić information content (AvgIpc) is 2.54. The van der Waals surface area contributed by atoms with Crippen LogP contribution in [0.1, 0.15) is 31.2 Å². The van der Waals surface area contributed by atoms with E-state index in [9.17, 15) is 13.2 Å². The lowest BCUT2D eigenvalue weighted by Gasteiger charge is -2.04. The second-order valence-electron chi connectivity index (χ2n) is 3.96. The number of aromatic nitrogens is 3. The molecule has 0 aromatic carbocycles. The molecule has 2 heterocycles. The summed E-state index contributed by atoms with van der Waals surface area (Å²) in [7, 11) is 0. The van der Waals surface area contributed by atoms with Gasteiger partial charge < -0.3 is 0 Å². The largest absolute Gasteiger partial charge is 0.433 e. The first kappa shape index (κ1) is 12.3. The Bertz CT molecular complexity index is 560. The average molecular weight is 308 g/mol. The second kappa shape index (κ2) is 3.97. The number of halogens is 4. The Morgan fingerprint density at radius 1 is 1.35 bits per heavy atom. The van der Waals surface area contributed by atoms with Crippen LogP contribution in [0, 0.1) is 0 Å². The van der Waals surface area contributed by atoms with Gasteiger partial charge in [-0.2, -0.15) is 18.3 Å². The molecule has 3 nitrogen and oxygen atoms in total. The van der Waals surface area contributed by atoms with Crippen molar-refractivity contribution in [3.63, 3.8) is 0 Å². The molecule has 0 unspecified atom stereocenters. The molecule has 2 rings (SSSR count). The van der Waals surface area contributed by atoms with Gasteiger partial charge in [-0.3, -0.25) is 0 Å². The minimum absolute atomic E-state index is 0.124. The Labute approximate surface area is 104 Å². The van der Waals surface area contributed by atoms with Gasteiger partial charge in [0, 0.05) is 0 Å². The van der Waals surface area contributed by atoms with Crippen molar-refractivity contribution in [1.82, 2.24) is 14.6 Å². The summed E-state index contributed by atoms with van der Waals surface area (Å²) in [6.07, 6.45) is -3.36. The van der Waals surface area contributed by atoms with E-state index < -0.39 is 11.9 Å². The first-order valence-corrected chi connectivity index (χ1v) is 5.71. The number of hydrogen-bond donors (Lipinski definition) is 0. The van der Waals surface area contributed by atoms with E-state index in [2.05, 4.69) is 26.0 Å². The Kier molecular flexibility index (Phi) is 2.89. The molecule has 0 aliphatic rings. The van der Waals surface area contributed by atoms with Crippen molar-refractivity contribution in [1.29, 1.82) is 0 Å². The summed E-state index contributed by atoms with van der Waals surface area (Å²) >= 11 is 3.27. The molecule has 0 amide bonds. The summed E-state index contributed by atoms with van der Waals surface area (Å²) in [5.41, 5.74) is 0.169. The number of hydrogen-bond acceptors (Lipinski definition) is 2. The molecule has 0 radical (unpaired) electrons. The predicted molar refractivity (Wildman–Crippen MR) is 59.8 cm³/mol. The molecule has 0 fully saturated rings. The molecule has 17 heavy (non-hydrogen) atoms. The molecule has 92 valence electrons. The third-order valence-corrected chi connectivity index (χ3v) is 3.14. The van der Waals surface area contributed by atoms with Gasteiger partial charge in [0.1, 0.15) is 12.0 Å². The van der Waals surface area contributed by atoms with Crippen molar-refractivity contribution < 1.29 is 13.2 Å². The normalized spacial score (nSPS) is 12.6. The summed E-state index contributed by atoms with van der Waals surface area (Å²) in [6, 6.07) is 0.989. The summed E-state index contributed by atoms with van der Waals surface area (Å²) in [4.78, 5) is 3.35. The fourth-order valence-corrected chi connectivity index (χ4v) is 2.30. The molecule has 0 aliphatic heterocycles. The minimum Gasteiger partial charge on any atom is -0.232 e. The van der Waals surface area contributed by atoms with Crippen LogP contribution in [0.15, 0.2) is 16.9 Å². The monoisotopic (exact) mass is 307 g/mol. The van der Waals surface area contributed by atoms with E-state index >= 15 is 0 Å². The number of rotatable bonds is 1. The summed E-state index contributed by atoms with van der Waals surface area (Å²) in [5.74, 6) is 0.124. The first-order valence-electron chi connectivity index (χ1n) is 4.91. The number of fused-ring (bicyclic) bond motifs is 1. The van der Waals surface area contributed by atoms with Crippen LogP contribution < -0.4 is 0 Å². The zero-order chi connectivity index (χ0) is 12.8. The number of nitrogens with zero attached hydrogens (tertiary/aromatic N) is 3. The van der Waals surface area contributed by atoms with Gasteiger partial charge in [-0.25, -0.2) is 9.50 Å². The smallest absolute Gasteiger partial charge is 0.232 e. The maximum atomic E-state index is 12.5. The second-order valence-corrected chi connectivity index (χ2v) is 4.75. The Morgan fingerprint density at radius 2 is 2.00 bits per heavy atom. The fourth-order valence-electron chi connectivity index (χ4n) is 1.47. The molecular weight excluding hydrogens is 299 g/mol. The summed E-state index contributed by atoms with van der Waals surface area (Å²) < 4.78 is 39.4. The molecular formula is C10H9BrF3N3. The molecule has 0 N–H and O–H groups in total. The van der Waals surface area contributed by atoms with Gasteiger partial charge in [-0.15, -0.1) is 0 Å². The molecule has 0 spiro atoms. The maximum Gasteiger partial charge on any atom is 0.433 e. The minimum atomic E-state index is -4.44. The lowest BCUT2D eigenvalue weighted by Crippen LogP contribution is -2.08. The van der Waals surface area contributed by atoms with Crippen LogP contribution in [0.5, 0.6) is 0 Å². The lowest BCUT2D eigenvalue weighted by molar-refractivity contribution is -0.141. The van der Waals surface area contributed by atoms with Crippen molar-refractivity contribution >= 4 is 21.4 Å². The van der Waals surface area contributed by atoms with Crippen LogP contribution >= 0.6 is 15.9 Å². The van der Waals surface area contributed by atoms with Crippen molar-refractivity contribution in [2.24, 2.45) is 0 Å². The van der Waals surface area contributed by atoms with Gasteiger partial charge in [-0.1, -0.05) is 13.8 Å². The van der Waals surface area contributed by atoms with E-state index in [4.69, 9.17) is 0 Å². The molecule has 2 aromatic heterocycles. The highest BCUT2D eigenvalue weighted by molar-refractivity contribution is 9.10. The third-order valence-electron chi connectivity index (χ3n) is 2.33. The van der Waals surface area contributed by atoms with Crippen molar-refractivity contribution in [3.8, 4) is 0 Å². The van der Waals surface area contributed by atoms with Crippen LogP contribution in [0.4, 0.5) is 13.2 Å². The van der Waals surface area contributed by atoms with E-state index in [1.165, 1.54) is 4.52 Å². The van der Waals surface area contributed by atoms with E-state index in [-0.39, 0.29) is 5.92 Å². The molecule has 0 bridgehead atoms. The quantitative estimate of drug-likeness (QED) is 0.805. The molecule has 0 aliphatic carbocycles. The zero-order valence-corrected chi connectivity index (χ0v) is 10.7. The molecule has 2 aromatic rings. The maximum absolute atomic E-state index is 12.5. The number of alkyl halides is 3. The van der Waals surface area contributed by atoms with Gasteiger partial charge in [0.2, 0.25) is 0 Å². The molecule has 0 saturated heterocycles. The van der Waals surface area contributed by atoms with Crippen molar-refractivity contribution in [2.75, 3.05) is 0 Å². The Hall–Kier alpha value is -1.11. The SMILES string of the molecule is CC(C)c1nn2cnc(C(F)(F)F)cc2c1Br. The van der Waals surface area contributed by atoms with Crippen LogP contribution in [0.3, 0.4) is 0 Å². The zero-order valence-electron chi connectivity index (χ0n) is 9.09. The van der Waals surface area contributed by atoms with Crippen LogP contribution in [-0.2, 0) is 6.18 Å². The fraction of sp³-hybridized carbons (Fsp3) is 0.400. The Balaban J connectivity index is 2.66. The van der Waals surface area contributed by atoms with Gasteiger partial charge in [0.25, 0.3) is 0 Å². The summed E-state index contributed by atoms with van der Waals surface area (Å²) in [6.45, 7) is 3.84. The van der Waals surface area contributed by atoms with E-state index in [0.29, 0.717) is 15.7 Å². The van der Waals surface area contributed by atoms with E-state index in [1.807, 2.05) is 13.8 Å². The summed E-state index contributed by atoms with van der Waals surface area (Å²) in [5, 5.41) is 4.17. The van der Waals surface area contributed by atoms with Crippen molar-refractivity contribution in [2.45, 2.75) is 25.9 Å². The van der Waals surface area contributed by atoms with Crippen LogP contribution in [0.25, 0.3) is 5.52 Å². The van der Waals surface area contributed by atoms with Gasteiger partial charge in [0.05, 0.1) is 15.7 Å². The molecule has 0 saturated carbocycles. The molecule has 0 atom stereocenters. The highest BCUT2D eigenvalue weighted by Gasteiger charge is 2.33. The molecule has 7 heteroatoms. The van der Waals surface area contributed by atoms with E-state index in [0.717, 1.165) is 12.4 Å². The predicted octanol–water partition coefficient (Wildman–Crippen LogP) is 3.63. The topological polar surface area (TPSA) is 30.2 Å². The van der Waals surface area contributed by atoms with Crippen LogP contribution in [0.2, 0.25) is 0 Å². The lowest BCUT2D eigenvalue weighted by atomic mass is 10.1. The standard InChI is InChI=1S/C10H9BrF3N3/c1-5(2)9-8(11)6-3-7(10(12,13)14)15-4-17(6)16-9/h3-5H,1-2H3. The first-order chi connectivity index (χ1) is 7.80. The van der Waals surface area contributed by atoms with E-state index in [1.54, 1.807) is 0 Å². The highest BCUT2D eigenvalue weighted by atomic mass is 79.9. The third kappa shape index (κ3) is 2.15. The van der Waals surface area contributed by atoms with Gasteiger partial charge in [0.15, 0.2) is 0 Å². The Morgan fingerprint density at radius 3 is 2.53 bits per heavy atom. The van der Waals surface area contributed by atoms with Gasteiger partial charge >= 0.3 is 6.18 Å². The van der Waals surface area contributed by atoms with Gasteiger partial charge in [-0.05, 0) is 27.9 Å². The van der Waals surface area contributed by atoms with Crippen molar-refractivity contribution in [3.05, 3.63) is 28.3 Å².